The zero-order valence-electron chi connectivity index (χ0n) is 14.9. The van der Waals surface area contributed by atoms with Gasteiger partial charge in [0, 0.05) is 26.1 Å². The smallest absolute Gasteiger partial charge is 0.168 e. The van der Waals surface area contributed by atoms with Gasteiger partial charge in [-0.1, -0.05) is 45.4 Å². The molecule has 0 aromatic carbocycles. The Morgan fingerprint density at radius 1 is 0.714 bits per heavy atom. The minimum absolute atomic E-state index is 0.317. The molecule has 0 heterocycles. The molecule has 0 amide bonds. The van der Waals surface area contributed by atoms with Crippen LogP contribution in [0.5, 0.6) is 0 Å². The largest absolute Gasteiger partial charge is 0.350 e. The van der Waals surface area contributed by atoms with Gasteiger partial charge in [-0.3, -0.25) is 0 Å². The molecule has 2 nitrogen and oxygen atoms in total. The standard InChI is InChI=1S/C18H38O2S/c1-5-8-9-10-11-12-13-15-18(19-6-2,20-7-3)16-14-17-21-4/h5-17H2,1-4H3. The lowest BCUT2D eigenvalue weighted by atomic mass is 10.0. The highest BCUT2D eigenvalue weighted by molar-refractivity contribution is 7.98. The second-order valence-corrected chi connectivity index (χ2v) is 6.73. The van der Waals surface area contributed by atoms with E-state index in [0.29, 0.717) is 0 Å². The van der Waals surface area contributed by atoms with Gasteiger partial charge in [-0.15, -0.1) is 0 Å². The summed E-state index contributed by atoms with van der Waals surface area (Å²) >= 11 is 1.91. The Balaban J connectivity index is 4.05. The number of thioether (sulfide) groups is 1. The van der Waals surface area contributed by atoms with Gasteiger partial charge in [0.05, 0.1) is 0 Å². The van der Waals surface area contributed by atoms with Gasteiger partial charge < -0.3 is 9.47 Å². The highest BCUT2D eigenvalue weighted by Crippen LogP contribution is 2.28. The van der Waals surface area contributed by atoms with E-state index < -0.39 is 0 Å². The lowest BCUT2D eigenvalue weighted by molar-refractivity contribution is -0.241. The molecule has 0 bridgehead atoms. The van der Waals surface area contributed by atoms with Crippen molar-refractivity contribution in [1.82, 2.24) is 0 Å². The van der Waals surface area contributed by atoms with Crippen LogP contribution in [-0.4, -0.2) is 31.0 Å². The first kappa shape index (κ1) is 21.3. The van der Waals surface area contributed by atoms with E-state index in [0.717, 1.165) is 26.1 Å². The molecule has 0 spiro atoms. The minimum atomic E-state index is -0.317. The van der Waals surface area contributed by atoms with Gasteiger partial charge in [-0.25, -0.2) is 0 Å². The van der Waals surface area contributed by atoms with Gasteiger partial charge in [0.1, 0.15) is 0 Å². The summed E-state index contributed by atoms with van der Waals surface area (Å²) in [4.78, 5) is 0. The maximum atomic E-state index is 6.03. The van der Waals surface area contributed by atoms with Crippen LogP contribution >= 0.6 is 11.8 Å². The van der Waals surface area contributed by atoms with Crippen molar-refractivity contribution in [2.75, 3.05) is 25.2 Å². The lowest BCUT2D eigenvalue weighted by Crippen LogP contribution is -2.36. The fraction of sp³-hybridized carbons (Fsp3) is 1.00. The van der Waals surface area contributed by atoms with Crippen LogP contribution < -0.4 is 0 Å². The first-order valence-corrected chi connectivity index (χ1v) is 10.4. The van der Waals surface area contributed by atoms with E-state index in [2.05, 4.69) is 27.0 Å². The van der Waals surface area contributed by atoms with Crippen LogP contribution in [-0.2, 0) is 9.47 Å². The third-order valence-corrected chi connectivity index (χ3v) is 4.58. The maximum absolute atomic E-state index is 6.03. The van der Waals surface area contributed by atoms with Crippen LogP contribution in [0.25, 0.3) is 0 Å². The topological polar surface area (TPSA) is 18.5 Å². The van der Waals surface area contributed by atoms with Crippen LogP contribution in [0.2, 0.25) is 0 Å². The third-order valence-electron chi connectivity index (χ3n) is 3.88. The Morgan fingerprint density at radius 3 is 1.76 bits per heavy atom. The van der Waals surface area contributed by atoms with E-state index in [-0.39, 0.29) is 5.79 Å². The predicted molar refractivity (Wildman–Crippen MR) is 96.2 cm³/mol. The molecule has 0 saturated heterocycles. The van der Waals surface area contributed by atoms with Gasteiger partial charge in [0.25, 0.3) is 0 Å². The first-order valence-electron chi connectivity index (χ1n) is 9.01. The number of hydrogen-bond acceptors (Lipinski definition) is 3. The number of hydrogen-bond donors (Lipinski definition) is 0. The molecule has 0 aromatic heterocycles. The van der Waals surface area contributed by atoms with Crippen LogP contribution in [0.1, 0.15) is 85.0 Å². The molecular formula is C18H38O2S. The Bertz CT molecular complexity index is 203. The van der Waals surface area contributed by atoms with Gasteiger partial charge in [0.2, 0.25) is 0 Å². The molecule has 0 unspecified atom stereocenters. The molecule has 3 heteroatoms. The molecule has 0 fully saturated rings. The average molecular weight is 319 g/mol. The molecule has 21 heavy (non-hydrogen) atoms. The van der Waals surface area contributed by atoms with Crippen molar-refractivity contribution in [2.45, 2.75) is 90.8 Å². The highest BCUT2D eigenvalue weighted by atomic mass is 32.2. The lowest BCUT2D eigenvalue weighted by Gasteiger charge is -2.33. The van der Waals surface area contributed by atoms with Crippen LogP contribution in [0.3, 0.4) is 0 Å². The molecule has 0 aliphatic carbocycles. The van der Waals surface area contributed by atoms with Crippen molar-refractivity contribution >= 4 is 11.8 Å². The zero-order chi connectivity index (χ0) is 15.8. The minimum Gasteiger partial charge on any atom is -0.350 e. The van der Waals surface area contributed by atoms with E-state index in [1.807, 2.05) is 11.8 Å². The molecule has 0 aliphatic rings. The van der Waals surface area contributed by atoms with Crippen molar-refractivity contribution in [1.29, 1.82) is 0 Å². The van der Waals surface area contributed by atoms with Gasteiger partial charge in [-0.2, -0.15) is 11.8 Å². The SMILES string of the molecule is CCCCCCCCCC(CCCSC)(OCC)OCC. The van der Waals surface area contributed by atoms with E-state index in [4.69, 9.17) is 9.47 Å². The van der Waals surface area contributed by atoms with Crippen molar-refractivity contribution in [2.24, 2.45) is 0 Å². The number of ether oxygens (including phenoxy) is 2. The fourth-order valence-corrected chi connectivity index (χ4v) is 3.25. The number of rotatable bonds is 16. The molecule has 0 rings (SSSR count). The summed E-state index contributed by atoms with van der Waals surface area (Å²) < 4.78 is 12.1. The molecule has 0 atom stereocenters. The summed E-state index contributed by atoms with van der Waals surface area (Å²) in [6.45, 7) is 7.92. The Morgan fingerprint density at radius 2 is 1.24 bits per heavy atom. The predicted octanol–water partition coefficient (Wildman–Crippen LogP) is 6.04. The van der Waals surface area contributed by atoms with Crippen LogP contribution in [0.4, 0.5) is 0 Å². The molecular weight excluding hydrogens is 280 g/mol. The Hall–Kier alpha value is 0.270. The van der Waals surface area contributed by atoms with Crippen molar-refractivity contribution in [3.63, 3.8) is 0 Å². The van der Waals surface area contributed by atoms with Crippen molar-refractivity contribution in [3.05, 3.63) is 0 Å². The Labute approximate surface area is 137 Å². The maximum Gasteiger partial charge on any atom is 0.168 e. The Kier molecular flexibility index (Phi) is 15.4. The normalized spacial score (nSPS) is 12.0. The van der Waals surface area contributed by atoms with Gasteiger partial charge >= 0.3 is 0 Å². The first-order chi connectivity index (χ1) is 10.2. The summed E-state index contributed by atoms with van der Waals surface area (Å²) in [6.07, 6.45) is 14.8. The molecule has 0 N–H and O–H groups in total. The third kappa shape index (κ3) is 11.5. The monoisotopic (exact) mass is 318 g/mol. The van der Waals surface area contributed by atoms with E-state index in [1.165, 1.54) is 57.1 Å². The van der Waals surface area contributed by atoms with Crippen LogP contribution in [0.15, 0.2) is 0 Å². The molecule has 0 aliphatic heterocycles. The summed E-state index contributed by atoms with van der Waals surface area (Å²) in [5, 5.41) is 0. The number of unbranched alkanes of at least 4 members (excludes halogenated alkanes) is 6. The van der Waals surface area contributed by atoms with E-state index in [1.54, 1.807) is 0 Å². The van der Waals surface area contributed by atoms with Crippen molar-refractivity contribution in [3.8, 4) is 0 Å². The van der Waals surface area contributed by atoms with Gasteiger partial charge in [-0.05, 0) is 38.7 Å². The van der Waals surface area contributed by atoms with Crippen LogP contribution in [0, 0.1) is 0 Å². The fourth-order valence-electron chi connectivity index (χ4n) is 2.82. The molecule has 0 radical (unpaired) electrons. The quantitative estimate of drug-likeness (QED) is 0.255. The van der Waals surface area contributed by atoms with Crippen molar-refractivity contribution < 1.29 is 9.47 Å². The summed E-state index contributed by atoms with van der Waals surface area (Å²) in [7, 11) is 0. The second kappa shape index (κ2) is 15.2. The zero-order valence-corrected chi connectivity index (χ0v) is 15.7. The summed E-state index contributed by atoms with van der Waals surface area (Å²) in [5.41, 5.74) is 0. The van der Waals surface area contributed by atoms with E-state index in [9.17, 15) is 0 Å². The summed E-state index contributed by atoms with van der Waals surface area (Å²) in [5.74, 6) is 0.877. The van der Waals surface area contributed by atoms with E-state index >= 15 is 0 Å². The average Bonchev–Trinajstić information content (AvgIpc) is 2.47. The highest BCUT2D eigenvalue weighted by Gasteiger charge is 2.30. The van der Waals surface area contributed by atoms with Gasteiger partial charge in [0.15, 0.2) is 5.79 Å². The molecule has 0 saturated carbocycles. The molecule has 128 valence electrons. The second-order valence-electron chi connectivity index (χ2n) is 5.74. The molecule has 0 aromatic rings. The summed E-state index contributed by atoms with van der Waals surface area (Å²) in [6, 6.07) is 0.